The number of carbonyl (C=O) groups is 1. The number of rotatable bonds is 2. The molecular weight excluding hydrogens is 144 g/mol. The molecule has 0 aliphatic rings. The minimum atomic E-state index is -0.361. The first-order chi connectivity index (χ1) is 5.34. The van der Waals surface area contributed by atoms with Crippen molar-refractivity contribution in [2.24, 2.45) is 5.16 Å². The second kappa shape index (κ2) is 3.46. The molecule has 0 aliphatic carbocycles. The molecule has 0 aromatic carbocycles. The van der Waals surface area contributed by atoms with Gasteiger partial charge in [-0.05, 0) is 12.1 Å². The lowest BCUT2D eigenvalue weighted by Gasteiger charge is -1.89. The van der Waals surface area contributed by atoms with Crippen LogP contribution >= 0.6 is 0 Å². The van der Waals surface area contributed by atoms with Crippen molar-refractivity contribution in [1.29, 1.82) is 0 Å². The van der Waals surface area contributed by atoms with Gasteiger partial charge in [-0.1, -0.05) is 5.16 Å². The minimum Gasteiger partial charge on any atom is -0.411 e. The Balaban J connectivity index is 2.86. The summed E-state index contributed by atoms with van der Waals surface area (Å²) in [6, 6.07) is 3.23. The van der Waals surface area contributed by atoms with Crippen molar-refractivity contribution in [2.45, 2.75) is 0 Å². The van der Waals surface area contributed by atoms with Gasteiger partial charge in [0.2, 0.25) is 5.78 Å². The second-order valence-electron chi connectivity index (χ2n) is 1.85. The summed E-state index contributed by atoms with van der Waals surface area (Å²) >= 11 is 0. The molecule has 56 valence electrons. The molecule has 1 heterocycles. The maximum atomic E-state index is 10.9. The van der Waals surface area contributed by atoms with Crippen molar-refractivity contribution in [3.63, 3.8) is 0 Å². The van der Waals surface area contributed by atoms with Crippen LogP contribution < -0.4 is 0 Å². The SMILES string of the molecule is O=C(/C=N/O)c1cccnc1. The van der Waals surface area contributed by atoms with Gasteiger partial charge in [-0.2, -0.15) is 0 Å². The predicted molar refractivity (Wildman–Crippen MR) is 38.8 cm³/mol. The summed E-state index contributed by atoms with van der Waals surface area (Å²) in [5, 5.41) is 10.6. The highest BCUT2D eigenvalue weighted by Gasteiger charge is 1.99. The fourth-order valence-corrected chi connectivity index (χ4v) is 0.635. The second-order valence-corrected chi connectivity index (χ2v) is 1.85. The number of hydrogen-bond acceptors (Lipinski definition) is 4. The Morgan fingerprint density at radius 1 is 1.73 bits per heavy atom. The highest BCUT2D eigenvalue weighted by Crippen LogP contribution is 1.94. The normalized spacial score (nSPS) is 10.2. The average Bonchev–Trinajstić information content (AvgIpc) is 2.07. The van der Waals surface area contributed by atoms with Crippen LogP contribution in [0.2, 0.25) is 0 Å². The molecule has 11 heavy (non-hydrogen) atoms. The summed E-state index contributed by atoms with van der Waals surface area (Å²) in [6.45, 7) is 0. The lowest BCUT2D eigenvalue weighted by atomic mass is 10.2. The van der Waals surface area contributed by atoms with E-state index in [0.29, 0.717) is 5.56 Å². The fourth-order valence-electron chi connectivity index (χ4n) is 0.635. The molecule has 0 radical (unpaired) electrons. The first-order valence-corrected chi connectivity index (χ1v) is 2.96. The van der Waals surface area contributed by atoms with Gasteiger partial charge in [-0.15, -0.1) is 0 Å². The van der Waals surface area contributed by atoms with E-state index in [0.717, 1.165) is 6.21 Å². The molecule has 0 saturated carbocycles. The minimum absolute atomic E-state index is 0.361. The first-order valence-electron chi connectivity index (χ1n) is 2.96. The quantitative estimate of drug-likeness (QED) is 0.292. The first kappa shape index (κ1) is 7.40. The molecule has 0 bridgehead atoms. The lowest BCUT2D eigenvalue weighted by Crippen LogP contribution is -1.99. The van der Waals surface area contributed by atoms with E-state index in [1.165, 1.54) is 6.20 Å². The standard InChI is InChI=1S/C7H6N2O2/c10-7(5-9-11)6-2-1-3-8-4-6/h1-5,11H/b9-5+. The van der Waals surface area contributed by atoms with Crippen LogP contribution in [0, 0.1) is 0 Å². The largest absolute Gasteiger partial charge is 0.411 e. The molecule has 1 rings (SSSR count). The number of carbonyl (C=O) groups excluding carboxylic acids is 1. The number of oxime groups is 1. The van der Waals surface area contributed by atoms with Crippen molar-refractivity contribution in [1.82, 2.24) is 4.98 Å². The molecule has 0 aliphatic heterocycles. The summed E-state index contributed by atoms with van der Waals surface area (Å²) < 4.78 is 0. The number of aromatic nitrogens is 1. The van der Waals surface area contributed by atoms with E-state index in [2.05, 4.69) is 10.1 Å². The number of Topliss-reactive ketones (excluding diaryl/α,β-unsaturated/α-hetero) is 1. The Morgan fingerprint density at radius 2 is 2.55 bits per heavy atom. The van der Waals surface area contributed by atoms with Gasteiger partial charge in [0.1, 0.15) is 6.21 Å². The van der Waals surface area contributed by atoms with Crippen LogP contribution in [0.1, 0.15) is 10.4 Å². The van der Waals surface area contributed by atoms with Gasteiger partial charge in [0.25, 0.3) is 0 Å². The Labute approximate surface area is 63.2 Å². The molecule has 0 atom stereocenters. The van der Waals surface area contributed by atoms with Crippen LogP contribution in [0.25, 0.3) is 0 Å². The molecule has 1 aromatic rings. The van der Waals surface area contributed by atoms with Crippen molar-refractivity contribution in [2.75, 3.05) is 0 Å². The summed E-state index contributed by atoms with van der Waals surface area (Å²) in [6.07, 6.45) is 3.80. The van der Waals surface area contributed by atoms with E-state index in [1.807, 2.05) is 0 Å². The molecule has 1 aromatic heterocycles. The van der Waals surface area contributed by atoms with Gasteiger partial charge in [0, 0.05) is 18.0 Å². The van der Waals surface area contributed by atoms with Crippen LogP contribution in [0.4, 0.5) is 0 Å². The topological polar surface area (TPSA) is 62.5 Å². The van der Waals surface area contributed by atoms with Crippen molar-refractivity contribution in [3.8, 4) is 0 Å². The van der Waals surface area contributed by atoms with Gasteiger partial charge in [-0.3, -0.25) is 9.78 Å². The Kier molecular flexibility index (Phi) is 2.32. The van der Waals surface area contributed by atoms with Crippen LogP contribution in [0.15, 0.2) is 29.7 Å². The van der Waals surface area contributed by atoms with Crippen LogP contribution in [-0.2, 0) is 0 Å². The van der Waals surface area contributed by atoms with E-state index in [1.54, 1.807) is 18.3 Å². The lowest BCUT2D eigenvalue weighted by molar-refractivity contribution is 0.106. The molecule has 4 nitrogen and oxygen atoms in total. The van der Waals surface area contributed by atoms with Gasteiger partial charge >= 0.3 is 0 Å². The molecule has 0 spiro atoms. The van der Waals surface area contributed by atoms with Crippen molar-refractivity contribution >= 4 is 12.0 Å². The Hall–Kier alpha value is -1.71. The fraction of sp³-hybridized carbons (Fsp3) is 0. The highest BCUT2D eigenvalue weighted by atomic mass is 16.4. The number of ketones is 1. The van der Waals surface area contributed by atoms with Crippen LogP contribution in [-0.4, -0.2) is 22.2 Å². The molecule has 1 N–H and O–H groups in total. The molecule has 4 heteroatoms. The molecule has 0 unspecified atom stereocenters. The number of nitrogens with zero attached hydrogens (tertiary/aromatic N) is 2. The van der Waals surface area contributed by atoms with Crippen molar-refractivity contribution < 1.29 is 10.0 Å². The summed E-state index contributed by atoms with van der Waals surface area (Å²) in [5.74, 6) is -0.361. The van der Waals surface area contributed by atoms with E-state index < -0.39 is 0 Å². The number of hydrogen-bond donors (Lipinski definition) is 1. The van der Waals surface area contributed by atoms with Crippen LogP contribution in [0.3, 0.4) is 0 Å². The highest BCUT2D eigenvalue weighted by molar-refractivity contribution is 6.35. The molecule has 0 amide bonds. The van der Waals surface area contributed by atoms with Gasteiger partial charge in [-0.25, -0.2) is 0 Å². The smallest absolute Gasteiger partial charge is 0.208 e. The van der Waals surface area contributed by atoms with Gasteiger partial charge < -0.3 is 5.21 Å². The third kappa shape index (κ3) is 1.86. The van der Waals surface area contributed by atoms with Gasteiger partial charge in [0.15, 0.2) is 0 Å². The van der Waals surface area contributed by atoms with Gasteiger partial charge in [0.05, 0.1) is 0 Å². The predicted octanol–water partition coefficient (Wildman–Crippen LogP) is 0.724. The zero-order valence-electron chi connectivity index (χ0n) is 5.64. The Bertz CT molecular complexity index is 269. The maximum Gasteiger partial charge on any atom is 0.208 e. The van der Waals surface area contributed by atoms with Crippen molar-refractivity contribution in [3.05, 3.63) is 30.1 Å². The number of pyridine rings is 1. The summed E-state index contributed by atoms with van der Waals surface area (Å²) in [4.78, 5) is 14.6. The maximum absolute atomic E-state index is 10.9. The monoisotopic (exact) mass is 150 g/mol. The zero-order chi connectivity index (χ0) is 8.10. The third-order valence-electron chi connectivity index (χ3n) is 1.12. The average molecular weight is 150 g/mol. The van der Waals surface area contributed by atoms with Crippen LogP contribution in [0.5, 0.6) is 0 Å². The molecule has 0 fully saturated rings. The third-order valence-corrected chi connectivity index (χ3v) is 1.12. The van der Waals surface area contributed by atoms with E-state index in [9.17, 15) is 4.79 Å². The Morgan fingerprint density at radius 3 is 3.09 bits per heavy atom. The summed E-state index contributed by atoms with van der Waals surface area (Å²) in [5.41, 5.74) is 0.408. The molecule has 0 saturated heterocycles. The zero-order valence-corrected chi connectivity index (χ0v) is 5.64. The van der Waals surface area contributed by atoms with E-state index >= 15 is 0 Å². The summed E-state index contributed by atoms with van der Waals surface area (Å²) in [7, 11) is 0. The van der Waals surface area contributed by atoms with E-state index in [4.69, 9.17) is 5.21 Å². The molecular formula is C7H6N2O2. The van der Waals surface area contributed by atoms with E-state index in [-0.39, 0.29) is 5.78 Å².